The van der Waals surface area contributed by atoms with Crippen LogP contribution in [0.1, 0.15) is 25.7 Å². The Labute approximate surface area is 92.8 Å². The molecule has 2 rings (SSSR count). The molecule has 80 valence electrons. The summed E-state index contributed by atoms with van der Waals surface area (Å²) in [6.07, 6.45) is 0. The van der Waals surface area contributed by atoms with Crippen LogP contribution < -0.4 is 5.73 Å². The summed E-state index contributed by atoms with van der Waals surface area (Å²) < 4.78 is 2.10. The lowest BCUT2D eigenvalue weighted by atomic mass is 10.2. The highest BCUT2D eigenvalue weighted by molar-refractivity contribution is 7.14. The van der Waals surface area contributed by atoms with Crippen LogP contribution in [-0.4, -0.2) is 14.8 Å². The molecule has 2 aromatic heterocycles. The zero-order valence-corrected chi connectivity index (χ0v) is 9.88. The van der Waals surface area contributed by atoms with Crippen molar-refractivity contribution in [2.24, 2.45) is 0 Å². The van der Waals surface area contributed by atoms with Crippen LogP contribution in [0.15, 0.2) is 11.4 Å². The maximum atomic E-state index is 5.89. The first-order chi connectivity index (χ1) is 7.11. The van der Waals surface area contributed by atoms with E-state index in [9.17, 15) is 0 Å². The van der Waals surface area contributed by atoms with Crippen molar-refractivity contribution in [3.8, 4) is 11.4 Å². The lowest BCUT2D eigenvalue weighted by Crippen LogP contribution is -2.05. The SMILES string of the molecule is Cc1nnc(-c2ccsc2N)n1C(C)C. The predicted molar refractivity (Wildman–Crippen MR) is 62.9 cm³/mol. The Morgan fingerprint density at radius 2 is 2.13 bits per heavy atom. The lowest BCUT2D eigenvalue weighted by molar-refractivity contribution is 0.588. The van der Waals surface area contributed by atoms with Crippen LogP contribution >= 0.6 is 11.3 Å². The third kappa shape index (κ3) is 1.63. The Hall–Kier alpha value is -1.36. The number of rotatable bonds is 2. The zero-order valence-electron chi connectivity index (χ0n) is 9.06. The largest absolute Gasteiger partial charge is 0.390 e. The number of hydrogen-bond acceptors (Lipinski definition) is 4. The van der Waals surface area contributed by atoms with Crippen LogP contribution in [0.5, 0.6) is 0 Å². The molecule has 5 heteroatoms. The summed E-state index contributed by atoms with van der Waals surface area (Å²) in [5.41, 5.74) is 6.87. The van der Waals surface area contributed by atoms with E-state index in [1.54, 1.807) is 0 Å². The molecule has 2 heterocycles. The van der Waals surface area contributed by atoms with Gasteiger partial charge in [-0.25, -0.2) is 0 Å². The minimum atomic E-state index is 0.342. The molecule has 0 unspecified atom stereocenters. The lowest BCUT2D eigenvalue weighted by Gasteiger charge is -2.11. The molecule has 15 heavy (non-hydrogen) atoms. The van der Waals surface area contributed by atoms with Gasteiger partial charge in [-0.1, -0.05) is 0 Å². The normalized spacial score (nSPS) is 11.2. The van der Waals surface area contributed by atoms with Crippen LogP contribution in [0.3, 0.4) is 0 Å². The summed E-state index contributed by atoms with van der Waals surface area (Å²) in [6, 6.07) is 2.33. The fourth-order valence-electron chi connectivity index (χ4n) is 1.68. The van der Waals surface area contributed by atoms with Crippen molar-refractivity contribution in [2.45, 2.75) is 26.8 Å². The van der Waals surface area contributed by atoms with Gasteiger partial charge in [0.05, 0.1) is 10.6 Å². The molecule has 0 saturated heterocycles. The molecule has 0 aliphatic rings. The first-order valence-electron chi connectivity index (χ1n) is 4.86. The Balaban J connectivity index is 2.59. The van der Waals surface area contributed by atoms with Gasteiger partial charge in [0.2, 0.25) is 0 Å². The van der Waals surface area contributed by atoms with Gasteiger partial charge >= 0.3 is 0 Å². The van der Waals surface area contributed by atoms with E-state index in [-0.39, 0.29) is 0 Å². The van der Waals surface area contributed by atoms with E-state index in [2.05, 4.69) is 28.6 Å². The Morgan fingerprint density at radius 3 is 2.67 bits per heavy atom. The van der Waals surface area contributed by atoms with Crippen LogP contribution in [0.4, 0.5) is 5.00 Å². The van der Waals surface area contributed by atoms with Gasteiger partial charge in [0.15, 0.2) is 5.82 Å². The number of nitrogen functional groups attached to an aromatic ring is 1. The van der Waals surface area contributed by atoms with Crippen LogP contribution in [0.25, 0.3) is 11.4 Å². The molecule has 0 spiro atoms. The van der Waals surface area contributed by atoms with Crippen molar-refractivity contribution < 1.29 is 0 Å². The first-order valence-corrected chi connectivity index (χ1v) is 5.74. The average Bonchev–Trinajstić information content (AvgIpc) is 2.71. The Kier molecular flexibility index (Phi) is 2.48. The third-order valence-electron chi connectivity index (χ3n) is 2.32. The highest BCUT2D eigenvalue weighted by Crippen LogP contribution is 2.30. The van der Waals surface area contributed by atoms with Gasteiger partial charge in [-0.05, 0) is 32.2 Å². The van der Waals surface area contributed by atoms with Crippen molar-refractivity contribution >= 4 is 16.3 Å². The highest BCUT2D eigenvalue weighted by atomic mass is 32.1. The molecular formula is C10H14N4S. The van der Waals surface area contributed by atoms with Gasteiger partial charge in [0.1, 0.15) is 5.82 Å². The summed E-state index contributed by atoms with van der Waals surface area (Å²) in [5, 5.41) is 11.0. The van der Waals surface area contributed by atoms with Crippen molar-refractivity contribution in [3.05, 3.63) is 17.3 Å². The molecule has 2 aromatic rings. The van der Waals surface area contributed by atoms with E-state index < -0.39 is 0 Å². The van der Waals surface area contributed by atoms with Gasteiger partial charge in [0.25, 0.3) is 0 Å². The van der Waals surface area contributed by atoms with Gasteiger partial charge in [-0.15, -0.1) is 21.5 Å². The van der Waals surface area contributed by atoms with Crippen molar-refractivity contribution in [1.82, 2.24) is 14.8 Å². The van der Waals surface area contributed by atoms with Crippen LogP contribution in [0, 0.1) is 6.92 Å². The highest BCUT2D eigenvalue weighted by Gasteiger charge is 2.15. The molecule has 0 fully saturated rings. The molecule has 0 aliphatic carbocycles. The fraction of sp³-hybridized carbons (Fsp3) is 0.400. The molecule has 0 amide bonds. The van der Waals surface area contributed by atoms with Crippen LogP contribution in [-0.2, 0) is 0 Å². The van der Waals surface area contributed by atoms with Crippen molar-refractivity contribution in [2.75, 3.05) is 5.73 Å². The molecule has 0 bridgehead atoms. The van der Waals surface area contributed by atoms with Crippen molar-refractivity contribution in [1.29, 1.82) is 0 Å². The summed E-state index contributed by atoms with van der Waals surface area (Å²) in [4.78, 5) is 0. The number of thiophene rings is 1. The summed E-state index contributed by atoms with van der Waals surface area (Å²) in [5.74, 6) is 1.78. The summed E-state index contributed by atoms with van der Waals surface area (Å²) in [6.45, 7) is 6.18. The van der Waals surface area contributed by atoms with Gasteiger partial charge in [-0.2, -0.15) is 0 Å². The second kappa shape index (κ2) is 3.66. The smallest absolute Gasteiger partial charge is 0.167 e. The molecule has 0 aliphatic heterocycles. The van der Waals surface area contributed by atoms with E-state index in [0.29, 0.717) is 6.04 Å². The molecular weight excluding hydrogens is 208 g/mol. The number of aromatic nitrogens is 3. The average molecular weight is 222 g/mol. The molecule has 0 radical (unpaired) electrons. The Bertz CT molecular complexity index is 469. The standard InChI is InChI=1S/C10H14N4S/c1-6(2)14-7(3)12-13-10(14)8-4-5-15-9(8)11/h4-6H,11H2,1-3H3. The second-order valence-corrected chi connectivity index (χ2v) is 4.68. The molecule has 4 nitrogen and oxygen atoms in total. The predicted octanol–water partition coefficient (Wildman–Crippen LogP) is 2.48. The molecule has 0 saturated carbocycles. The number of nitrogens with zero attached hydrogens (tertiary/aromatic N) is 3. The van der Waals surface area contributed by atoms with E-state index in [1.807, 2.05) is 18.4 Å². The van der Waals surface area contributed by atoms with Gasteiger partial charge < -0.3 is 10.3 Å². The van der Waals surface area contributed by atoms with Crippen LogP contribution in [0.2, 0.25) is 0 Å². The number of aryl methyl sites for hydroxylation is 1. The maximum Gasteiger partial charge on any atom is 0.167 e. The minimum absolute atomic E-state index is 0.342. The minimum Gasteiger partial charge on any atom is -0.390 e. The van der Waals surface area contributed by atoms with Gasteiger partial charge in [0, 0.05) is 6.04 Å². The molecule has 0 atom stereocenters. The first kappa shape index (κ1) is 10.2. The topological polar surface area (TPSA) is 56.7 Å². The number of hydrogen-bond donors (Lipinski definition) is 1. The number of anilines is 1. The van der Waals surface area contributed by atoms with E-state index >= 15 is 0 Å². The third-order valence-corrected chi connectivity index (χ3v) is 3.06. The molecule has 2 N–H and O–H groups in total. The van der Waals surface area contributed by atoms with E-state index in [0.717, 1.165) is 22.2 Å². The molecule has 0 aromatic carbocycles. The van der Waals surface area contributed by atoms with Crippen molar-refractivity contribution in [3.63, 3.8) is 0 Å². The number of nitrogens with two attached hydrogens (primary N) is 1. The Morgan fingerprint density at radius 1 is 1.40 bits per heavy atom. The second-order valence-electron chi connectivity index (χ2n) is 3.73. The van der Waals surface area contributed by atoms with Gasteiger partial charge in [-0.3, -0.25) is 0 Å². The summed E-state index contributed by atoms with van der Waals surface area (Å²) >= 11 is 1.53. The quantitative estimate of drug-likeness (QED) is 0.849. The monoisotopic (exact) mass is 222 g/mol. The maximum absolute atomic E-state index is 5.89. The summed E-state index contributed by atoms with van der Waals surface area (Å²) in [7, 11) is 0. The van der Waals surface area contributed by atoms with E-state index in [4.69, 9.17) is 5.73 Å². The fourth-order valence-corrected chi connectivity index (χ4v) is 2.31. The zero-order chi connectivity index (χ0) is 11.0. The van der Waals surface area contributed by atoms with E-state index in [1.165, 1.54) is 11.3 Å².